The molecule has 3 N–H and O–H groups in total. The molecule has 2 aromatic rings. The number of hydrogen-bond donors (Lipinski definition) is 3. The van der Waals surface area contributed by atoms with Gasteiger partial charge in [0.05, 0.1) is 18.3 Å². The number of aliphatic hydroxyl groups is 2. The van der Waals surface area contributed by atoms with Crippen molar-refractivity contribution < 1.29 is 19.4 Å². The Balaban J connectivity index is 2.03. The fourth-order valence-corrected chi connectivity index (χ4v) is 2.69. The highest BCUT2D eigenvalue weighted by Crippen LogP contribution is 2.28. The molecule has 0 amide bonds. The van der Waals surface area contributed by atoms with Crippen LogP contribution in [-0.2, 0) is 4.74 Å². The smallest absolute Gasteiger partial charge is 0.330 e. The Labute approximate surface area is 132 Å². The van der Waals surface area contributed by atoms with Crippen LogP contribution in [0.3, 0.4) is 0 Å². The number of H-pyrrole nitrogens is 1. The Hall–Kier alpha value is -1.68. The molecule has 0 radical (unpaired) electrons. The van der Waals surface area contributed by atoms with E-state index in [-0.39, 0.29) is 18.6 Å². The minimum absolute atomic E-state index is 0.137. The van der Waals surface area contributed by atoms with E-state index in [0.29, 0.717) is 10.4 Å². The van der Waals surface area contributed by atoms with Crippen LogP contribution in [0.4, 0.5) is 0 Å². The van der Waals surface area contributed by atoms with Gasteiger partial charge in [0.15, 0.2) is 4.67 Å². The summed E-state index contributed by atoms with van der Waals surface area (Å²) in [5.74, 6) is 0.291. The molecule has 3 heterocycles. The van der Waals surface area contributed by atoms with E-state index in [0.717, 1.165) is 0 Å². The lowest BCUT2D eigenvalue weighted by Crippen LogP contribution is -2.33. The van der Waals surface area contributed by atoms with Crippen molar-refractivity contribution in [3.05, 3.63) is 43.8 Å². The number of hydrogen-bond acceptors (Lipinski definition) is 6. The molecule has 1 aliphatic rings. The molecule has 22 heavy (non-hydrogen) atoms. The molecule has 0 aliphatic carbocycles. The molecule has 8 nitrogen and oxygen atoms in total. The Bertz CT molecular complexity index is 794. The molecule has 0 bridgehead atoms. The molecule has 3 rings (SSSR count). The quantitative estimate of drug-likeness (QED) is 0.708. The maximum absolute atomic E-state index is 12.0. The second-order valence-electron chi connectivity index (χ2n) is 4.93. The summed E-state index contributed by atoms with van der Waals surface area (Å²) in [6.07, 6.45) is -0.948. The predicted octanol–water partition coefficient (Wildman–Crippen LogP) is 0.200. The summed E-state index contributed by atoms with van der Waals surface area (Å²) in [6, 6.07) is 3.21. The van der Waals surface area contributed by atoms with E-state index in [1.54, 1.807) is 12.1 Å². The fraction of sp³-hybridized carbons (Fsp3) is 0.385. The number of nitrogens with zero attached hydrogens (tertiary/aromatic N) is 1. The van der Waals surface area contributed by atoms with Crippen molar-refractivity contribution in [2.45, 2.75) is 24.9 Å². The third kappa shape index (κ3) is 2.68. The highest BCUT2D eigenvalue weighted by molar-refractivity contribution is 9.10. The van der Waals surface area contributed by atoms with Crippen LogP contribution in [0.25, 0.3) is 11.3 Å². The lowest BCUT2D eigenvalue weighted by atomic mass is 10.2. The number of nitrogens with one attached hydrogen (secondary N) is 1. The molecule has 2 aromatic heterocycles. The summed E-state index contributed by atoms with van der Waals surface area (Å²) in [6.45, 7) is -0.353. The van der Waals surface area contributed by atoms with Crippen molar-refractivity contribution >= 4 is 15.9 Å². The minimum atomic E-state index is -0.880. The Morgan fingerprint density at radius 2 is 2.18 bits per heavy atom. The number of halogens is 1. The highest BCUT2D eigenvalue weighted by atomic mass is 79.9. The van der Waals surface area contributed by atoms with E-state index in [1.807, 2.05) is 0 Å². The van der Waals surface area contributed by atoms with Gasteiger partial charge in [-0.15, -0.1) is 0 Å². The second-order valence-corrected chi connectivity index (χ2v) is 5.71. The van der Waals surface area contributed by atoms with E-state index >= 15 is 0 Å². The SMILES string of the molecule is O=c1[nH]c(=O)n([C@H]2C[C@H](O)[C@@H](CO)O2)cc1-c1ccc(Br)o1. The standard InChI is InChI=1S/C13H13BrN2O6/c14-10-2-1-8(21-10)6-4-16(13(20)15-12(6)19)11-3-7(18)9(5-17)22-11/h1-2,4,7,9,11,17-18H,3,5H2,(H,15,19,20)/t7-,9+,11+/m0/s1. The summed E-state index contributed by atoms with van der Waals surface area (Å²) in [5, 5.41) is 18.9. The average Bonchev–Trinajstić information content (AvgIpc) is 3.05. The largest absolute Gasteiger partial charge is 0.449 e. The fourth-order valence-electron chi connectivity index (χ4n) is 2.38. The van der Waals surface area contributed by atoms with Gasteiger partial charge in [0.2, 0.25) is 0 Å². The maximum Gasteiger partial charge on any atom is 0.330 e. The molecular formula is C13H13BrN2O6. The van der Waals surface area contributed by atoms with Crippen molar-refractivity contribution in [1.82, 2.24) is 9.55 Å². The van der Waals surface area contributed by atoms with Crippen LogP contribution >= 0.6 is 15.9 Å². The first kappa shape index (κ1) is 15.2. The molecular weight excluding hydrogens is 360 g/mol. The maximum atomic E-state index is 12.0. The molecule has 0 aromatic carbocycles. The first-order valence-corrected chi connectivity index (χ1v) is 7.34. The first-order valence-electron chi connectivity index (χ1n) is 6.55. The van der Waals surface area contributed by atoms with Gasteiger partial charge in [-0.25, -0.2) is 4.79 Å². The monoisotopic (exact) mass is 372 g/mol. The van der Waals surface area contributed by atoms with E-state index in [9.17, 15) is 14.7 Å². The van der Waals surface area contributed by atoms with Gasteiger partial charge in [0, 0.05) is 12.6 Å². The second kappa shape index (κ2) is 5.84. The minimum Gasteiger partial charge on any atom is -0.449 e. The van der Waals surface area contributed by atoms with Crippen LogP contribution < -0.4 is 11.2 Å². The number of aromatic amines is 1. The summed E-state index contributed by atoms with van der Waals surface area (Å²) in [4.78, 5) is 26.1. The zero-order valence-corrected chi connectivity index (χ0v) is 12.8. The Kier molecular flexibility index (Phi) is 4.04. The van der Waals surface area contributed by atoms with E-state index < -0.39 is 29.7 Å². The summed E-state index contributed by atoms with van der Waals surface area (Å²) >= 11 is 3.15. The highest BCUT2D eigenvalue weighted by Gasteiger charge is 2.35. The van der Waals surface area contributed by atoms with Crippen LogP contribution in [0.2, 0.25) is 0 Å². The predicted molar refractivity (Wildman–Crippen MR) is 78.3 cm³/mol. The van der Waals surface area contributed by atoms with Gasteiger partial charge in [-0.3, -0.25) is 14.3 Å². The van der Waals surface area contributed by atoms with Gasteiger partial charge in [0.1, 0.15) is 18.1 Å². The normalized spacial score (nSPS) is 24.8. The van der Waals surface area contributed by atoms with Crippen molar-refractivity contribution in [3.8, 4) is 11.3 Å². The average molecular weight is 373 g/mol. The third-order valence-corrected chi connectivity index (χ3v) is 3.93. The molecule has 118 valence electrons. The molecule has 0 spiro atoms. The molecule has 1 fully saturated rings. The summed E-state index contributed by atoms with van der Waals surface area (Å²) in [5.41, 5.74) is -1.08. The van der Waals surface area contributed by atoms with Crippen LogP contribution in [0.15, 0.2) is 37.0 Å². The van der Waals surface area contributed by atoms with Gasteiger partial charge in [-0.05, 0) is 28.1 Å². The van der Waals surface area contributed by atoms with Gasteiger partial charge < -0.3 is 19.4 Å². The molecule has 0 unspecified atom stereocenters. The number of ether oxygens (including phenoxy) is 1. The van der Waals surface area contributed by atoms with Gasteiger partial charge in [-0.1, -0.05) is 0 Å². The van der Waals surface area contributed by atoms with Gasteiger partial charge >= 0.3 is 5.69 Å². The molecule has 1 saturated heterocycles. The summed E-state index contributed by atoms with van der Waals surface area (Å²) < 4.78 is 12.4. The number of aromatic nitrogens is 2. The lowest BCUT2D eigenvalue weighted by molar-refractivity contribution is -0.0458. The van der Waals surface area contributed by atoms with E-state index in [4.69, 9.17) is 14.3 Å². The Morgan fingerprint density at radius 1 is 1.41 bits per heavy atom. The number of rotatable bonds is 3. The van der Waals surface area contributed by atoms with Gasteiger partial charge in [0.25, 0.3) is 5.56 Å². The van der Waals surface area contributed by atoms with Crippen molar-refractivity contribution in [2.75, 3.05) is 6.61 Å². The van der Waals surface area contributed by atoms with E-state index in [2.05, 4.69) is 20.9 Å². The molecule has 1 aliphatic heterocycles. The Morgan fingerprint density at radius 3 is 2.77 bits per heavy atom. The number of furan rings is 1. The topological polar surface area (TPSA) is 118 Å². The molecule has 9 heteroatoms. The molecule has 0 saturated carbocycles. The van der Waals surface area contributed by atoms with Crippen LogP contribution in [-0.4, -0.2) is 38.6 Å². The number of aliphatic hydroxyl groups excluding tert-OH is 2. The third-order valence-electron chi connectivity index (χ3n) is 3.50. The van der Waals surface area contributed by atoms with Crippen LogP contribution in [0, 0.1) is 0 Å². The van der Waals surface area contributed by atoms with Crippen LogP contribution in [0.1, 0.15) is 12.6 Å². The van der Waals surface area contributed by atoms with Crippen molar-refractivity contribution in [1.29, 1.82) is 0 Å². The first-order chi connectivity index (χ1) is 10.5. The molecule has 3 atom stereocenters. The lowest BCUT2D eigenvalue weighted by Gasteiger charge is -2.14. The zero-order valence-electron chi connectivity index (χ0n) is 11.2. The van der Waals surface area contributed by atoms with Gasteiger partial charge in [-0.2, -0.15) is 0 Å². The van der Waals surface area contributed by atoms with Crippen LogP contribution in [0.5, 0.6) is 0 Å². The zero-order chi connectivity index (χ0) is 15.9. The van der Waals surface area contributed by atoms with E-state index in [1.165, 1.54) is 10.8 Å². The summed E-state index contributed by atoms with van der Waals surface area (Å²) in [7, 11) is 0. The van der Waals surface area contributed by atoms with Crippen molar-refractivity contribution in [3.63, 3.8) is 0 Å². The van der Waals surface area contributed by atoms with Crippen molar-refractivity contribution in [2.24, 2.45) is 0 Å².